The molecule has 4 aromatic rings. The van der Waals surface area contributed by atoms with Crippen LogP contribution in [0.5, 0.6) is 5.75 Å². The smallest absolute Gasteiger partial charge is 0.128 e. The summed E-state index contributed by atoms with van der Waals surface area (Å²) in [6, 6.07) is 26.4. The summed E-state index contributed by atoms with van der Waals surface area (Å²) in [5.74, 6) is 0.759. The first-order chi connectivity index (χ1) is 14.1. The highest BCUT2D eigenvalue weighted by Gasteiger charge is 2.06. The van der Waals surface area contributed by atoms with Gasteiger partial charge in [0.2, 0.25) is 0 Å². The van der Waals surface area contributed by atoms with Crippen LogP contribution in [0.2, 0.25) is 5.02 Å². The average molecular weight is 400 g/mol. The maximum Gasteiger partial charge on any atom is 0.128 e. The van der Waals surface area contributed by atoms with Crippen LogP contribution in [0.4, 0.5) is 5.69 Å². The second kappa shape index (κ2) is 8.50. The van der Waals surface area contributed by atoms with Crippen molar-refractivity contribution in [2.24, 2.45) is 4.99 Å². The standard InChI is InChI=1S/C26H22ClNO/c1-18-10-12-24(14-19(18)2)28-16-22-15-23(27)11-13-26(22)29-17-21-8-5-7-20-6-3-4-9-25(20)21/h3-16H,17H2,1-2H3. The lowest BCUT2D eigenvalue weighted by atomic mass is 10.1. The van der Waals surface area contributed by atoms with Crippen LogP contribution in [-0.4, -0.2) is 6.21 Å². The van der Waals surface area contributed by atoms with E-state index in [1.54, 1.807) is 0 Å². The molecule has 3 heteroatoms. The van der Waals surface area contributed by atoms with Crippen molar-refractivity contribution >= 4 is 34.3 Å². The molecule has 0 saturated carbocycles. The molecule has 0 spiro atoms. The van der Waals surface area contributed by atoms with Gasteiger partial charge in [-0.15, -0.1) is 0 Å². The van der Waals surface area contributed by atoms with Crippen LogP contribution in [0, 0.1) is 13.8 Å². The van der Waals surface area contributed by atoms with E-state index in [0.29, 0.717) is 11.6 Å². The summed E-state index contributed by atoms with van der Waals surface area (Å²) in [6.07, 6.45) is 1.81. The molecule has 0 saturated heterocycles. The van der Waals surface area contributed by atoms with Crippen molar-refractivity contribution in [1.29, 1.82) is 0 Å². The maximum atomic E-state index is 6.22. The van der Waals surface area contributed by atoms with Gasteiger partial charge in [-0.05, 0) is 71.6 Å². The summed E-state index contributed by atoms with van der Waals surface area (Å²) >= 11 is 6.22. The van der Waals surface area contributed by atoms with Crippen molar-refractivity contribution in [2.45, 2.75) is 20.5 Å². The number of ether oxygens (including phenoxy) is 1. The van der Waals surface area contributed by atoms with Crippen molar-refractivity contribution < 1.29 is 4.74 Å². The predicted molar refractivity (Wildman–Crippen MR) is 123 cm³/mol. The molecule has 0 amide bonds. The Hall–Kier alpha value is -3.10. The fraction of sp³-hybridized carbons (Fsp3) is 0.115. The van der Waals surface area contributed by atoms with Gasteiger partial charge in [0.1, 0.15) is 12.4 Å². The van der Waals surface area contributed by atoms with Gasteiger partial charge in [-0.2, -0.15) is 0 Å². The normalized spacial score (nSPS) is 11.3. The molecular weight excluding hydrogens is 378 g/mol. The third kappa shape index (κ3) is 4.49. The number of halogens is 1. The molecule has 0 aliphatic heterocycles. The Labute approximate surface area is 176 Å². The van der Waals surface area contributed by atoms with Crippen LogP contribution in [0.25, 0.3) is 10.8 Å². The third-order valence-electron chi connectivity index (χ3n) is 5.08. The first-order valence-electron chi connectivity index (χ1n) is 9.60. The van der Waals surface area contributed by atoms with Crippen molar-refractivity contribution in [3.63, 3.8) is 0 Å². The zero-order valence-corrected chi connectivity index (χ0v) is 17.3. The summed E-state index contributed by atoms with van der Waals surface area (Å²) in [6.45, 7) is 4.67. The second-order valence-corrected chi connectivity index (χ2v) is 7.57. The van der Waals surface area contributed by atoms with Gasteiger partial charge in [-0.25, -0.2) is 0 Å². The average Bonchev–Trinajstić information content (AvgIpc) is 2.74. The molecule has 0 heterocycles. The van der Waals surface area contributed by atoms with Crippen LogP contribution in [0.15, 0.2) is 83.9 Å². The molecule has 0 N–H and O–H groups in total. The van der Waals surface area contributed by atoms with Gasteiger partial charge in [-0.3, -0.25) is 4.99 Å². The van der Waals surface area contributed by atoms with Crippen LogP contribution in [-0.2, 0) is 6.61 Å². The molecule has 29 heavy (non-hydrogen) atoms. The fourth-order valence-corrected chi connectivity index (χ4v) is 3.46. The molecule has 4 aromatic carbocycles. The van der Waals surface area contributed by atoms with Gasteiger partial charge >= 0.3 is 0 Å². The molecule has 144 valence electrons. The molecule has 0 aliphatic carbocycles. The van der Waals surface area contributed by atoms with Crippen molar-refractivity contribution in [1.82, 2.24) is 0 Å². The van der Waals surface area contributed by atoms with E-state index < -0.39 is 0 Å². The van der Waals surface area contributed by atoms with E-state index in [1.807, 2.05) is 36.5 Å². The fourth-order valence-electron chi connectivity index (χ4n) is 3.28. The first-order valence-corrected chi connectivity index (χ1v) is 9.98. The Morgan fingerprint density at radius 3 is 2.55 bits per heavy atom. The topological polar surface area (TPSA) is 21.6 Å². The maximum absolute atomic E-state index is 6.22. The highest BCUT2D eigenvalue weighted by Crippen LogP contribution is 2.26. The SMILES string of the molecule is Cc1ccc(N=Cc2cc(Cl)ccc2OCc2cccc3ccccc23)cc1C. The number of hydrogen-bond acceptors (Lipinski definition) is 2. The molecule has 0 aromatic heterocycles. The van der Waals surface area contributed by atoms with Gasteiger partial charge in [0.05, 0.1) is 5.69 Å². The zero-order valence-electron chi connectivity index (χ0n) is 16.5. The summed E-state index contributed by atoms with van der Waals surface area (Å²) in [5, 5.41) is 3.07. The van der Waals surface area contributed by atoms with E-state index in [4.69, 9.17) is 16.3 Å². The quantitative estimate of drug-likeness (QED) is 0.319. The highest BCUT2D eigenvalue weighted by molar-refractivity contribution is 6.30. The van der Waals surface area contributed by atoms with E-state index in [2.05, 4.69) is 67.4 Å². The second-order valence-electron chi connectivity index (χ2n) is 7.14. The summed E-state index contributed by atoms with van der Waals surface area (Å²) in [5.41, 5.74) is 5.39. The summed E-state index contributed by atoms with van der Waals surface area (Å²) in [4.78, 5) is 4.62. The molecule has 0 radical (unpaired) electrons. The summed E-state index contributed by atoms with van der Waals surface area (Å²) < 4.78 is 6.17. The van der Waals surface area contributed by atoms with E-state index in [-0.39, 0.29) is 0 Å². The molecule has 0 unspecified atom stereocenters. The van der Waals surface area contributed by atoms with Gasteiger partial charge in [0.15, 0.2) is 0 Å². The molecule has 0 atom stereocenters. The van der Waals surface area contributed by atoms with E-state index in [1.165, 1.54) is 21.9 Å². The lowest BCUT2D eigenvalue weighted by molar-refractivity contribution is 0.307. The van der Waals surface area contributed by atoms with Crippen LogP contribution in [0.3, 0.4) is 0 Å². The Bertz CT molecular complexity index is 1190. The van der Waals surface area contributed by atoms with Gasteiger partial charge in [0.25, 0.3) is 0 Å². The van der Waals surface area contributed by atoms with E-state index >= 15 is 0 Å². The van der Waals surface area contributed by atoms with Crippen molar-refractivity contribution in [3.8, 4) is 5.75 Å². The van der Waals surface area contributed by atoms with E-state index in [0.717, 1.165) is 22.6 Å². The zero-order chi connectivity index (χ0) is 20.2. The minimum Gasteiger partial charge on any atom is -0.488 e. The number of benzene rings is 4. The molecule has 0 fully saturated rings. The minimum atomic E-state index is 0.480. The Morgan fingerprint density at radius 2 is 1.69 bits per heavy atom. The van der Waals surface area contributed by atoms with Crippen LogP contribution in [0.1, 0.15) is 22.3 Å². The Balaban J connectivity index is 1.59. The predicted octanol–water partition coefficient (Wildman–Crippen LogP) is 7.44. The minimum absolute atomic E-state index is 0.480. The third-order valence-corrected chi connectivity index (χ3v) is 5.31. The number of aliphatic imine (C=N–C) groups is 1. The van der Waals surface area contributed by atoms with Crippen LogP contribution >= 0.6 is 11.6 Å². The van der Waals surface area contributed by atoms with Gasteiger partial charge < -0.3 is 4.74 Å². The van der Waals surface area contributed by atoms with Crippen LogP contribution < -0.4 is 4.74 Å². The summed E-state index contributed by atoms with van der Waals surface area (Å²) in [7, 11) is 0. The molecular formula is C26H22ClNO. The number of fused-ring (bicyclic) bond motifs is 1. The van der Waals surface area contributed by atoms with Crippen molar-refractivity contribution in [2.75, 3.05) is 0 Å². The molecule has 0 aliphatic rings. The highest BCUT2D eigenvalue weighted by atomic mass is 35.5. The monoisotopic (exact) mass is 399 g/mol. The van der Waals surface area contributed by atoms with Gasteiger partial charge in [0, 0.05) is 16.8 Å². The number of nitrogens with zero attached hydrogens (tertiary/aromatic N) is 1. The Kier molecular flexibility index (Phi) is 5.64. The molecule has 0 bridgehead atoms. The largest absolute Gasteiger partial charge is 0.488 e. The van der Waals surface area contributed by atoms with Crippen molar-refractivity contribution in [3.05, 3.63) is 106 Å². The lowest BCUT2D eigenvalue weighted by Crippen LogP contribution is -1.99. The molecule has 4 rings (SSSR count). The number of hydrogen-bond donors (Lipinski definition) is 0. The Morgan fingerprint density at radius 1 is 0.862 bits per heavy atom. The number of aryl methyl sites for hydroxylation is 2. The van der Waals surface area contributed by atoms with E-state index in [9.17, 15) is 0 Å². The lowest BCUT2D eigenvalue weighted by Gasteiger charge is -2.11. The first kappa shape index (κ1) is 19.2. The number of rotatable bonds is 5. The van der Waals surface area contributed by atoms with Gasteiger partial charge in [-0.1, -0.05) is 60.1 Å². The molecule has 2 nitrogen and oxygen atoms in total.